The van der Waals surface area contributed by atoms with Crippen LogP contribution in [0, 0.1) is 0 Å². The number of H-pyrrole nitrogens is 1. The summed E-state index contributed by atoms with van der Waals surface area (Å²) in [6.45, 7) is 5.00. The summed E-state index contributed by atoms with van der Waals surface area (Å²) in [6.07, 6.45) is 13.0. The molecule has 1 aliphatic heterocycles. The first kappa shape index (κ1) is 30.0. The van der Waals surface area contributed by atoms with E-state index in [1.54, 1.807) is 12.3 Å². The molecule has 41 heavy (non-hydrogen) atoms. The summed E-state index contributed by atoms with van der Waals surface area (Å²) in [4.78, 5) is 30.5. The number of aromatic nitrogens is 4. The molecule has 2 N–H and O–H groups in total. The van der Waals surface area contributed by atoms with Gasteiger partial charge < -0.3 is 30.2 Å². The second-order valence-electron chi connectivity index (χ2n) is 10.3. The van der Waals surface area contributed by atoms with Gasteiger partial charge in [0.1, 0.15) is 29.3 Å². The van der Waals surface area contributed by atoms with Crippen molar-refractivity contribution in [2.75, 3.05) is 18.4 Å². The number of nitrogens with zero attached hydrogens (tertiary/aromatic N) is 5. The summed E-state index contributed by atoms with van der Waals surface area (Å²) in [5.74, 6) is 2.84. The van der Waals surface area contributed by atoms with E-state index < -0.39 is 0 Å². The smallest absolute Gasteiger partial charge is 0.462 e. The quantitative estimate of drug-likeness (QED) is 0.231. The van der Waals surface area contributed by atoms with E-state index in [-0.39, 0.29) is 57.3 Å². The molecule has 1 saturated heterocycles. The van der Waals surface area contributed by atoms with Crippen LogP contribution in [0.5, 0.6) is 11.5 Å². The average Bonchev–Trinajstić information content (AvgIpc) is 3.65. The molecular formula is C30H31ClKN7O2. The third-order valence-electron chi connectivity index (χ3n) is 7.70. The number of rotatable bonds is 8. The number of benzene rings is 1. The van der Waals surface area contributed by atoms with Crippen LogP contribution in [0.25, 0.3) is 16.4 Å². The van der Waals surface area contributed by atoms with Gasteiger partial charge in [-0.1, -0.05) is 55.9 Å². The molecule has 4 aromatic rings. The first-order valence-corrected chi connectivity index (χ1v) is 14.1. The Labute approximate surface area is 286 Å². The molecule has 1 amide bonds. The topological polar surface area (TPSA) is 110 Å². The third kappa shape index (κ3) is 6.95. The molecule has 0 bridgehead atoms. The van der Waals surface area contributed by atoms with Crippen molar-refractivity contribution in [3.8, 4) is 11.5 Å². The zero-order valence-electron chi connectivity index (χ0n) is 23.1. The molecular weight excluding hydrogens is 565 g/mol. The van der Waals surface area contributed by atoms with Crippen LogP contribution in [0.1, 0.15) is 50.0 Å². The molecule has 2 fully saturated rings. The maximum absolute atomic E-state index is 12.0. The van der Waals surface area contributed by atoms with Gasteiger partial charge in [0.05, 0.1) is 10.4 Å². The molecule has 6 rings (SSSR count). The van der Waals surface area contributed by atoms with Crippen LogP contribution in [0.2, 0.25) is 5.02 Å². The minimum absolute atomic E-state index is 0. The van der Waals surface area contributed by atoms with Crippen molar-refractivity contribution in [2.45, 2.75) is 50.5 Å². The molecule has 206 valence electrons. The fraction of sp³-hybridized carbons (Fsp3) is 0.333. The van der Waals surface area contributed by atoms with Crippen LogP contribution >= 0.6 is 11.6 Å². The van der Waals surface area contributed by atoms with Crippen LogP contribution < -0.4 is 61.4 Å². The van der Waals surface area contributed by atoms with E-state index >= 15 is 0 Å². The number of fused-ring (bicyclic) bond motifs is 1. The predicted octanol–water partition coefficient (Wildman–Crippen LogP) is 4.39. The van der Waals surface area contributed by atoms with Gasteiger partial charge in [-0.15, -0.1) is 0 Å². The van der Waals surface area contributed by atoms with Crippen LogP contribution in [-0.2, 0) is 4.79 Å². The minimum atomic E-state index is -0.0178. The fourth-order valence-electron chi connectivity index (χ4n) is 5.62. The summed E-state index contributed by atoms with van der Waals surface area (Å²) in [5, 5.41) is 9.58. The van der Waals surface area contributed by atoms with E-state index in [0.29, 0.717) is 53.2 Å². The molecule has 11 heteroatoms. The van der Waals surface area contributed by atoms with E-state index in [1.807, 2.05) is 35.4 Å². The number of likely N-dealkylation sites (tertiary alicyclic amines) is 1. The van der Waals surface area contributed by atoms with Gasteiger partial charge in [-0.2, -0.15) is 0 Å². The molecule has 1 saturated carbocycles. The summed E-state index contributed by atoms with van der Waals surface area (Å²) in [7, 11) is 0. The molecule has 0 spiro atoms. The number of carbonyl (C=O) groups is 1. The molecule has 3 aromatic heterocycles. The Morgan fingerprint density at radius 2 is 1.93 bits per heavy atom. The molecule has 0 radical (unpaired) electrons. The Bertz CT molecular complexity index is 1530. The Hall–Kier alpha value is -2.47. The average molecular weight is 596 g/mol. The zero-order valence-corrected chi connectivity index (χ0v) is 27.0. The zero-order chi connectivity index (χ0) is 27.5. The van der Waals surface area contributed by atoms with Gasteiger partial charge in [0, 0.05) is 25.0 Å². The number of hydrogen-bond acceptors (Lipinski definition) is 6. The Balaban J connectivity index is 0.00000337. The van der Waals surface area contributed by atoms with E-state index in [0.717, 1.165) is 48.0 Å². The van der Waals surface area contributed by atoms with Gasteiger partial charge in [-0.25, -0.2) is 9.97 Å². The van der Waals surface area contributed by atoms with E-state index in [2.05, 4.69) is 31.8 Å². The van der Waals surface area contributed by atoms with Gasteiger partial charge in [-0.05, 0) is 66.8 Å². The van der Waals surface area contributed by atoms with Gasteiger partial charge in [0.25, 0.3) is 0 Å². The van der Waals surface area contributed by atoms with Crippen molar-refractivity contribution in [1.29, 1.82) is 0 Å². The number of amides is 1. The van der Waals surface area contributed by atoms with Crippen molar-refractivity contribution >= 4 is 45.9 Å². The monoisotopic (exact) mass is 595 g/mol. The van der Waals surface area contributed by atoms with Crippen molar-refractivity contribution in [1.82, 2.24) is 24.8 Å². The van der Waals surface area contributed by atoms with Crippen molar-refractivity contribution in [2.24, 2.45) is 0 Å². The van der Waals surface area contributed by atoms with E-state index in [9.17, 15) is 4.79 Å². The van der Waals surface area contributed by atoms with E-state index in [4.69, 9.17) is 21.7 Å². The first-order chi connectivity index (χ1) is 19.6. The van der Waals surface area contributed by atoms with Crippen LogP contribution in [0.4, 0.5) is 17.3 Å². The SMILES string of the molecule is C=CC(=O)N1CCC(c2c[nH]c3ncnc(Nc4ccc(Oc5ccnc([N-]C6CCCC6)c5)c(Cl)c4)c23)CC1.[K+]. The summed E-state index contributed by atoms with van der Waals surface area (Å²) >= 11 is 6.64. The summed E-state index contributed by atoms with van der Waals surface area (Å²) in [6, 6.07) is 9.57. The molecule has 1 aliphatic carbocycles. The molecule has 1 aromatic carbocycles. The molecule has 0 unspecified atom stereocenters. The van der Waals surface area contributed by atoms with Gasteiger partial charge >= 0.3 is 51.4 Å². The molecule has 4 heterocycles. The number of pyridine rings is 1. The molecule has 2 aliphatic rings. The van der Waals surface area contributed by atoms with Gasteiger partial charge in [0.2, 0.25) is 5.91 Å². The van der Waals surface area contributed by atoms with Crippen LogP contribution in [0.3, 0.4) is 0 Å². The summed E-state index contributed by atoms with van der Waals surface area (Å²) in [5.41, 5.74) is 2.69. The standard InChI is InChI=1S/C30H31ClN7O2.K/c1-2-27(39)38-13-10-19(11-14-38)23-17-33-29-28(23)30(35-18-34-29)37-21-7-8-25(24(31)15-21)40-22-9-12-32-26(16-22)36-20-5-3-4-6-20;/h2,7-9,12,15-20H,1,3-6,10-11,13-14H2,(H2-,32,33,34,35,36,37);/q-1;+1. The van der Waals surface area contributed by atoms with E-state index in [1.165, 1.54) is 25.2 Å². The number of aromatic amines is 1. The van der Waals surface area contributed by atoms with Crippen molar-refractivity contribution in [3.63, 3.8) is 0 Å². The second-order valence-corrected chi connectivity index (χ2v) is 10.7. The number of piperidine rings is 1. The number of carbonyl (C=O) groups excluding carboxylic acids is 1. The Kier molecular flexibility index (Phi) is 10.00. The maximum atomic E-state index is 12.0. The number of ether oxygens (including phenoxy) is 1. The van der Waals surface area contributed by atoms with Crippen LogP contribution in [-0.4, -0.2) is 49.9 Å². The predicted molar refractivity (Wildman–Crippen MR) is 157 cm³/mol. The largest absolute Gasteiger partial charge is 1.00 e. The first-order valence-electron chi connectivity index (χ1n) is 13.7. The number of anilines is 2. The Morgan fingerprint density at radius 3 is 2.68 bits per heavy atom. The van der Waals surface area contributed by atoms with Gasteiger partial charge in [-0.3, -0.25) is 4.79 Å². The Morgan fingerprint density at radius 1 is 1.12 bits per heavy atom. The fourth-order valence-corrected chi connectivity index (χ4v) is 5.84. The van der Waals surface area contributed by atoms with Crippen LogP contribution in [0.15, 0.2) is 61.7 Å². The van der Waals surface area contributed by atoms with Crippen molar-refractivity contribution in [3.05, 3.63) is 77.6 Å². The minimum Gasteiger partial charge on any atom is -0.462 e. The van der Waals surface area contributed by atoms with Crippen molar-refractivity contribution < 1.29 is 60.9 Å². The third-order valence-corrected chi connectivity index (χ3v) is 8.00. The maximum Gasteiger partial charge on any atom is 1.00 e. The number of halogens is 1. The second kappa shape index (κ2) is 13.7. The summed E-state index contributed by atoms with van der Waals surface area (Å²) < 4.78 is 6.08. The molecule has 9 nitrogen and oxygen atoms in total. The van der Waals surface area contributed by atoms with Gasteiger partial charge in [0.15, 0.2) is 0 Å². The number of hydrogen-bond donors (Lipinski definition) is 2. The molecule has 0 atom stereocenters. The normalized spacial score (nSPS) is 15.9. The number of nitrogens with one attached hydrogen (secondary N) is 2.